The number of hydrogen-bond acceptors (Lipinski definition) is 3. The van der Waals surface area contributed by atoms with E-state index in [1.54, 1.807) is 28.0 Å². The predicted octanol–water partition coefficient (Wildman–Crippen LogP) is 1.04. The number of hydrogen-bond donors (Lipinski definition) is 1. The molecule has 3 rings (SSSR count). The van der Waals surface area contributed by atoms with Gasteiger partial charge in [-0.1, -0.05) is 6.07 Å². The topological polar surface area (TPSA) is 83.7 Å². The third-order valence-electron chi connectivity index (χ3n) is 3.99. The summed E-state index contributed by atoms with van der Waals surface area (Å²) in [5.74, 6) is -0.598. The van der Waals surface area contributed by atoms with Crippen molar-refractivity contribution in [1.82, 2.24) is 0 Å². The molecular weight excluding hydrogens is 270 g/mol. The van der Waals surface area contributed by atoms with Crippen LogP contribution in [0.15, 0.2) is 18.2 Å². The molecule has 6 nitrogen and oxygen atoms in total. The summed E-state index contributed by atoms with van der Waals surface area (Å²) in [6.07, 6.45) is 2.49. The van der Waals surface area contributed by atoms with E-state index in [1.165, 1.54) is 0 Å². The molecule has 2 N–H and O–H groups in total. The van der Waals surface area contributed by atoms with Gasteiger partial charge in [0.25, 0.3) is 5.91 Å². The van der Waals surface area contributed by atoms with E-state index in [-0.39, 0.29) is 11.8 Å². The molecule has 110 valence electrons. The van der Waals surface area contributed by atoms with E-state index in [2.05, 4.69) is 0 Å². The second-order valence-corrected chi connectivity index (χ2v) is 5.34. The fourth-order valence-electron chi connectivity index (χ4n) is 3.02. The van der Waals surface area contributed by atoms with Crippen molar-refractivity contribution in [2.45, 2.75) is 25.7 Å². The molecular formula is C15H17N3O3. The minimum Gasteiger partial charge on any atom is -0.366 e. The van der Waals surface area contributed by atoms with E-state index in [4.69, 9.17) is 5.73 Å². The average molecular weight is 287 g/mol. The van der Waals surface area contributed by atoms with Crippen LogP contribution in [0.5, 0.6) is 0 Å². The number of nitrogens with zero attached hydrogens (tertiary/aromatic N) is 2. The Kier molecular flexibility index (Phi) is 3.37. The van der Waals surface area contributed by atoms with E-state index in [0.717, 1.165) is 12.8 Å². The van der Waals surface area contributed by atoms with Gasteiger partial charge in [0.05, 0.1) is 16.9 Å². The molecule has 2 saturated heterocycles. The Morgan fingerprint density at radius 2 is 1.62 bits per heavy atom. The number of benzene rings is 1. The number of rotatable bonds is 3. The molecule has 0 radical (unpaired) electrons. The highest BCUT2D eigenvalue weighted by Crippen LogP contribution is 2.37. The summed E-state index contributed by atoms with van der Waals surface area (Å²) in [4.78, 5) is 39.0. The van der Waals surface area contributed by atoms with Gasteiger partial charge in [-0.2, -0.15) is 0 Å². The summed E-state index contributed by atoms with van der Waals surface area (Å²) in [6, 6.07) is 5.08. The molecule has 2 aliphatic heterocycles. The van der Waals surface area contributed by atoms with Gasteiger partial charge < -0.3 is 15.5 Å². The Bertz CT molecular complexity index is 627. The van der Waals surface area contributed by atoms with Crippen molar-refractivity contribution in [3.63, 3.8) is 0 Å². The minimum atomic E-state index is -0.585. The molecule has 1 aromatic rings. The average Bonchev–Trinajstić information content (AvgIpc) is 3.06. The van der Waals surface area contributed by atoms with Crippen molar-refractivity contribution in [2.75, 3.05) is 22.9 Å². The van der Waals surface area contributed by atoms with E-state index in [0.29, 0.717) is 42.9 Å². The molecule has 3 amide bonds. The van der Waals surface area contributed by atoms with E-state index >= 15 is 0 Å². The molecule has 21 heavy (non-hydrogen) atoms. The van der Waals surface area contributed by atoms with Crippen LogP contribution in [0.2, 0.25) is 0 Å². The van der Waals surface area contributed by atoms with Gasteiger partial charge >= 0.3 is 0 Å². The molecule has 0 bridgehead atoms. The summed E-state index contributed by atoms with van der Waals surface area (Å²) in [5, 5.41) is 0. The van der Waals surface area contributed by atoms with Crippen LogP contribution in [-0.4, -0.2) is 30.8 Å². The van der Waals surface area contributed by atoms with Crippen molar-refractivity contribution in [1.29, 1.82) is 0 Å². The van der Waals surface area contributed by atoms with Gasteiger partial charge in [-0.05, 0) is 25.0 Å². The van der Waals surface area contributed by atoms with Crippen molar-refractivity contribution < 1.29 is 14.4 Å². The standard InChI is InChI=1S/C15H17N3O3/c16-15(21)10-4-1-5-11(17-8-2-6-12(17)19)14(10)18-9-3-7-13(18)20/h1,4-5H,2-3,6-9H2,(H2,16,21). The van der Waals surface area contributed by atoms with Crippen molar-refractivity contribution in [3.05, 3.63) is 23.8 Å². The number of anilines is 2. The van der Waals surface area contributed by atoms with Gasteiger partial charge in [0.1, 0.15) is 0 Å². The molecule has 0 saturated carbocycles. The lowest BCUT2D eigenvalue weighted by Gasteiger charge is -2.26. The lowest BCUT2D eigenvalue weighted by Crippen LogP contribution is -2.32. The van der Waals surface area contributed by atoms with Crippen LogP contribution < -0.4 is 15.5 Å². The lowest BCUT2D eigenvalue weighted by atomic mass is 10.1. The quantitative estimate of drug-likeness (QED) is 0.901. The molecule has 0 aliphatic carbocycles. The molecule has 1 aromatic carbocycles. The SMILES string of the molecule is NC(=O)c1cccc(N2CCCC2=O)c1N1CCCC1=O. The fraction of sp³-hybridized carbons (Fsp3) is 0.400. The summed E-state index contributed by atoms with van der Waals surface area (Å²) in [6.45, 7) is 1.16. The van der Waals surface area contributed by atoms with Crippen LogP contribution in [0.4, 0.5) is 11.4 Å². The monoisotopic (exact) mass is 287 g/mol. The maximum atomic E-state index is 12.1. The fourth-order valence-corrected chi connectivity index (χ4v) is 3.02. The Labute approximate surface area is 122 Å². The van der Waals surface area contributed by atoms with Crippen LogP contribution in [-0.2, 0) is 9.59 Å². The van der Waals surface area contributed by atoms with Crippen LogP contribution >= 0.6 is 0 Å². The third-order valence-corrected chi connectivity index (χ3v) is 3.99. The van der Waals surface area contributed by atoms with Crippen LogP contribution in [0.25, 0.3) is 0 Å². The Morgan fingerprint density at radius 3 is 2.14 bits per heavy atom. The first-order valence-corrected chi connectivity index (χ1v) is 7.13. The molecule has 2 fully saturated rings. The predicted molar refractivity (Wildman–Crippen MR) is 78.1 cm³/mol. The highest BCUT2D eigenvalue weighted by Gasteiger charge is 2.32. The second-order valence-electron chi connectivity index (χ2n) is 5.34. The molecule has 0 spiro atoms. The zero-order valence-electron chi connectivity index (χ0n) is 11.7. The zero-order valence-corrected chi connectivity index (χ0v) is 11.7. The van der Waals surface area contributed by atoms with Gasteiger partial charge in [0.2, 0.25) is 11.8 Å². The van der Waals surface area contributed by atoms with Gasteiger partial charge in [0.15, 0.2) is 0 Å². The van der Waals surface area contributed by atoms with Gasteiger partial charge in [0, 0.05) is 25.9 Å². The molecule has 0 aromatic heterocycles. The number of para-hydroxylation sites is 1. The Hall–Kier alpha value is -2.37. The van der Waals surface area contributed by atoms with Crippen LogP contribution in [0, 0.1) is 0 Å². The van der Waals surface area contributed by atoms with Crippen LogP contribution in [0.1, 0.15) is 36.0 Å². The molecule has 6 heteroatoms. The smallest absolute Gasteiger partial charge is 0.250 e. The molecule has 2 heterocycles. The summed E-state index contributed by atoms with van der Waals surface area (Å²) >= 11 is 0. The largest absolute Gasteiger partial charge is 0.366 e. The van der Waals surface area contributed by atoms with Gasteiger partial charge in [-0.15, -0.1) is 0 Å². The number of amides is 3. The normalized spacial score (nSPS) is 18.7. The first kappa shape index (κ1) is 13.6. The van der Waals surface area contributed by atoms with E-state index in [9.17, 15) is 14.4 Å². The summed E-state index contributed by atoms with van der Waals surface area (Å²) < 4.78 is 0. The molecule has 0 atom stereocenters. The highest BCUT2D eigenvalue weighted by atomic mass is 16.2. The highest BCUT2D eigenvalue weighted by molar-refractivity contribution is 6.11. The third kappa shape index (κ3) is 2.26. The number of carbonyl (C=O) groups excluding carboxylic acids is 3. The van der Waals surface area contributed by atoms with Gasteiger partial charge in [-0.25, -0.2) is 0 Å². The van der Waals surface area contributed by atoms with Crippen molar-refractivity contribution in [3.8, 4) is 0 Å². The summed E-state index contributed by atoms with van der Waals surface area (Å²) in [5.41, 5.74) is 6.85. The Morgan fingerprint density at radius 1 is 1.00 bits per heavy atom. The number of nitrogens with two attached hydrogens (primary N) is 1. The number of primary amides is 1. The summed E-state index contributed by atoms with van der Waals surface area (Å²) in [7, 11) is 0. The van der Waals surface area contributed by atoms with E-state index < -0.39 is 5.91 Å². The molecule has 2 aliphatic rings. The van der Waals surface area contributed by atoms with Gasteiger partial charge in [-0.3, -0.25) is 14.4 Å². The first-order valence-electron chi connectivity index (χ1n) is 7.13. The maximum Gasteiger partial charge on any atom is 0.250 e. The van der Waals surface area contributed by atoms with Crippen LogP contribution in [0.3, 0.4) is 0 Å². The first-order chi connectivity index (χ1) is 10.1. The van der Waals surface area contributed by atoms with Crippen molar-refractivity contribution >= 4 is 29.1 Å². The lowest BCUT2D eigenvalue weighted by molar-refractivity contribution is -0.118. The Balaban J connectivity index is 2.15. The second kappa shape index (κ2) is 5.20. The molecule has 0 unspecified atom stereocenters. The minimum absolute atomic E-state index is 0.0181. The van der Waals surface area contributed by atoms with Crippen molar-refractivity contribution in [2.24, 2.45) is 5.73 Å². The number of carbonyl (C=O) groups is 3. The maximum absolute atomic E-state index is 12.1. The zero-order chi connectivity index (χ0) is 15.0. The van der Waals surface area contributed by atoms with E-state index in [1.807, 2.05) is 0 Å².